The summed E-state index contributed by atoms with van der Waals surface area (Å²) >= 11 is 0. The van der Waals surface area contributed by atoms with Crippen molar-refractivity contribution >= 4 is 11.8 Å². The fourth-order valence-corrected chi connectivity index (χ4v) is 7.29. The van der Waals surface area contributed by atoms with Gasteiger partial charge in [0.25, 0.3) is 0 Å². The summed E-state index contributed by atoms with van der Waals surface area (Å²) in [5.41, 5.74) is 0.627. The van der Waals surface area contributed by atoms with Crippen LogP contribution in [0.25, 0.3) is 0 Å². The van der Waals surface area contributed by atoms with Crippen LogP contribution in [0.1, 0.15) is 65.7 Å². The van der Waals surface area contributed by atoms with Crippen molar-refractivity contribution in [3.8, 4) is 0 Å². The van der Waals surface area contributed by atoms with Gasteiger partial charge >= 0.3 is 5.97 Å². The zero-order valence-corrected chi connectivity index (χ0v) is 16.4. The number of rotatable bonds is 2. The number of allylic oxidation sites excluding steroid dienone is 1. The summed E-state index contributed by atoms with van der Waals surface area (Å²) in [6.07, 6.45) is 6.71. The van der Waals surface area contributed by atoms with Crippen LogP contribution in [0, 0.1) is 38.7 Å². The van der Waals surface area contributed by atoms with E-state index in [0.717, 1.165) is 25.7 Å². The van der Waals surface area contributed by atoms with Crippen LogP contribution in [-0.4, -0.2) is 28.8 Å². The second-order valence-electron chi connectivity index (χ2n) is 9.62. The molecule has 0 radical (unpaired) electrons. The molecule has 27 heavy (non-hydrogen) atoms. The maximum absolute atomic E-state index is 12.0. The molecule has 6 heteroatoms. The number of ketones is 1. The van der Waals surface area contributed by atoms with Crippen LogP contribution in [-0.2, 0) is 14.3 Å². The van der Waals surface area contributed by atoms with Gasteiger partial charge in [-0.3, -0.25) is 19.7 Å². The predicted molar refractivity (Wildman–Crippen MR) is 98.4 cm³/mol. The number of hydrogen-bond acceptors (Lipinski definition) is 5. The molecule has 0 bridgehead atoms. The minimum atomic E-state index is -0.556. The Balaban J connectivity index is 1.77. The SMILES string of the molecule is CC(=O)O[C@H]1C[C@]2(C)C([N+](=O)[O-])CC[C@H]2[C@@H]2CCC3=CC(=O)CC[C@]3(C)[C@H]21. The Morgan fingerprint density at radius 1 is 1.26 bits per heavy atom. The number of carbonyl (C=O) groups is 2. The van der Waals surface area contributed by atoms with Gasteiger partial charge in [-0.2, -0.15) is 0 Å². The van der Waals surface area contributed by atoms with E-state index in [4.69, 9.17) is 4.74 Å². The first-order chi connectivity index (χ1) is 12.7. The van der Waals surface area contributed by atoms with E-state index in [1.165, 1.54) is 12.5 Å². The van der Waals surface area contributed by atoms with Crippen LogP contribution in [0.2, 0.25) is 0 Å². The van der Waals surface area contributed by atoms with Crippen LogP contribution >= 0.6 is 0 Å². The summed E-state index contributed by atoms with van der Waals surface area (Å²) in [6, 6.07) is -0.556. The van der Waals surface area contributed by atoms with Gasteiger partial charge < -0.3 is 4.74 Å². The lowest BCUT2D eigenvalue weighted by Gasteiger charge is -2.59. The van der Waals surface area contributed by atoms with E-state index in [9.17, 15) is 19.7 Å². The Kier molecular flexibility index (Phi) is 4.24. The zero-order chi connectivity index (χ0) is 19.6. The molecule has 0 aromatic carbocycles. The van der Waals surface area contributed by atoms with Crippen LogP contribution in [0.15, 0.2) is 11.6 Å². The molecule has 4 aliphatic rings. The van der Waals surface area contributed by atoms with Crippen molar-refractivity contribution in [1.82, 2.24) is 0 Å². The Labute approximate surface area is 159 Å². The molecule has 0 amide bonds. The Bertz CT molecular complexity index is 730. The van der Waals surface area contributed by atoms with E-state index in [1.54, 1.807) is 0 Å². The van der Waals surface area contributed by atoms with Crippen molar-refractivity contribution in [1.29, 1.82) is 0 Å². The molecule has 0 heterocycles. The van der Waals surface area contributed by atoms with E-state index in [2.05, 4.69) is 6.92 Å². The van der Waals surface area contributed by atoms with Gasteiger partial charge in [0.1, 0.15) is 6.10 Å². The van der Waals surface area contributed by atoms with Gasteiger partial charge in [-0.05, 0) is 55.4 Å². The zero-order valence-electron chi connectivity index (χ0n) is 16.4. The highest BCUT2D eigenvalue weighted by Crippen LogP contribution is 2.66. The Morgan fingerprint density at radius 3 is 2.67 bits per heavy atom. The molecule has 6 nitrogen and oxygen atoms in total. The number of nitro groups is 1. The smallest absolute Gasteiger partial charge is 0.302 e. The van der Waals surface area contributed by atoms with E-state index >= 15 is 0 Å². The number of hydrogen-bond donors (Lipinski definition) is 0. The topological polar surface area (TPSA) is 86.5 Å². The summed E-state index contributed by atoms with van der Waals surface area (Å²) < 4.78 is 5.83. The molecular formula is C21H29NO5. The van der Waals surface area contributed by atoms with E-state index in [-0.39, 0.29) is 34.1 Å². The largest absolute Gasteiger partial charge is 0.462 e. The molecule has 4 rings (SSSR count). The number of carbonyl (C=O) groups excluding carboxylic acids is 2. The first-order valence-corrected chi connectivity index (χ1v) is 10.2. The highest BCUT2D eigenvalue weighted by Gasteiger charge is 2.66. The van der Waals surface area contributed by atoms with E-state index < -0.39 is 11.5 Å². The lowest BCUT2D eigenvalue weighted by Crippen LogP contribution is -2.58. The third kappa shape index (κ3) is 2.66. The average molecular weight is 375 g/mol. The number of fused-ring (bicyclic) bond motifs is 5. The summed E-state index contributed by atoms with van der Waals surface area (Å²) in [7, 11) is 0. The van der Waals surface area contributed by atoms with Gasteiger partial charge in [-0.25, -0.2) is 0 Å². The van der Waals surface area contributed by atoms with Gasteiger partial charge in [0.05, 0.1) is 0 Å². The molecule has 0 aliphatic heterocycles. The molecule has 0 aromatic rings. The number of esters is 1. The van der Waals surface area contributed by atoms with Gasteiger partial charge in [0, 0.05) is 36.0 Å². The molecule has 0 saturated heterocycles. The number of ether oxygens (including phenoxy) is 1. The van der Waals surface area contributed by atoms with Gasteiger partial charge in [0.15, 0.2) is 5.78 Å². The van der Waals surface area contributed by atoms with Crippen molar-refractivity contribution in [2.75, 3.05) is 0 Å². The molecule has 3 fully saturated rings. The van der Waals surface area contributed by atoms with Gasteiger partial charge in [0.2, 0.25) is 6.04 Å². The summed E-state index contributed by atoms with van der Waals surface area (Å²) in [5, 5.41) is 11.7. The molecule has 3 saturated carbocycles. The van der Waals surface area contributed by atoms with Crippen molar-refractivity contribution < 1.29 is 19.2 Å². The monoisotopic (exact) mass is 375 g/mol. The molecule has 1 unspecified atom stereocenters. The summed E-state index contributed by atoms with van der Waals surface area (Å²) in [5.74, 6) is 0.634. The lowest BCUT2D eigenvalue weighted by atomic mass is 9.46. The molecule has 148 valence electrons. The standard InChI is InChI=1S/C21H29NO5/c1-12(23)27-17-11-21(3)16(6-7-18(21)22(25)26)15-5-4-13-10-14(24)8-9-20(13,2)19(15)17/h10,15-19H,4-9,11H2,1-3H3/t15-,16-,17-,18?,19+,20-,21-/m0/s1. The average Bonchev–Trinajstić information content (AvgIpc) is 2.91. The second kappa shape index (κ2) is 6.14. The molecule has 4 aliphatic carbocycles. The normalized spacial score (nSPS) is 46.0. The second-order valence-corrected chi connectivity index (χ2v) is 9.62. The molecule has 0 aromatic heterocycles. The molecular weight excluding hydrogens is 346 g/mol. The third-order valence-electron chi connectivity index (χ3n) is 8.39. The summed E-state index contributed by atoms with van der Waals surface area (Å²) in [4.78, 5) is 35.5. The molecule has 0 N–H and O–H groups in total. The third-order valence-corrected chi connectivity index (χ3v) is 8.39. The van der Waals surface area contributed by atoms with Gasteiger partial charge in [-0.15, -0.1) is 0 Å². The lowest BCUT2D eigenvalue weighted by molar-refractivity contribution is -0.541. The Morgan fingerprint density at radius 2 is 2.00 bits per heavy atom. The minimum Gasteiger partial charge on any atom is -0.462 e. The van der Waals surface area contributed by atoms with Crippen LogP contribution < -0.4 is 0 Å². The Hall–Kier alpha value is -1.72. The predicted octanol–water partition coefficient (Wildman–Crippen LogP) is 3.71. The first kappa shape index (κ1) is 18.6. The maximum atomic E-state index is 12.0. The maximum Gasteiger partial charge on any atom is 0.302 e. The minimum absolute atomic E-state index is 0.111. The fraction of sp³-hybridized carbons (Fsp3) is 0.810. The first-order valence-electron chi connectivity index (χ1n) is 10.2. The van der Waals surface area contributed by atoms with Crippen LogP contribution in [0.4, 0.5) is 0 Å². The van der Waals surface area contributed by atoms with Crippen LogP contribution in [0.3, 0.4) is 0 Å². The quantitative estimate of drug-likeness (QED) is 0.417. The fourth-order valence-electron chi connectivity index (χ4n) is 7.29. The van der Waals surface area contributed by atoms with Crippen LogP contribution in [0.5, 0.6) is 0 Å². The van der Waals surface area contributed by atoms with Crippen molar-refractivity contribution in [3.05, 3.63) is 21.8 Å². The van der Waals surface area contributed by atoms with E-state index in [0.29, 0.717) is 31.1 Å². The molecule has 0 spiro atoms. The molecule has 7 atom stereocenters. The van der Waals surface area contributed by atoms with Crippen molar-refractivity contribution in [2.45, 2.75) is 77.9 Å². The number of nitrogens with zero attached hydrogens (tertiary/aromatic N) is 1. The highest BCUT2D eigenvalue weighted by atomic mass is 16.6. The van der Waals surface area contributed by atoms with Crippen molar-refractivity contribution in [2.24, 2.45) is 28.6 Å². The summed E-state index contributed by atoms with van der Waals surface area (Å²) in [6.45, 7) is 5.69. The van der Waals surface area contributed by atoms with Crippen molar-refractivity contribution in [3.63, 3.8) is 0 Å². The van der Waals surface area contributed by atoms with E-state index in [1.807, 2.05) is 13.0 Å². The van der Waals surface area contributed by atoms with Gasteiger partial charge in [-0.1, -0.05) is 19.4 Å². The highest BCUT2D eigenvalue weighted by molar-refractivity contribution is 5.91.